The van der Waals surface area contributed by atoms with E-state index >= 15 is 0 Å². The monoisotopic (exact) mass is 655 g/mol. The molecule has 0 aliphatic heterocycles. The summed E-state index contributed by atoms with van der Waals surface area (Å²) in [5.41, 5.74) is 5.63. The van der Waals surface area contributed by atoms with Crippen LogP contribution in [0.15, 0.2) is 54.9 Å². The molecule has 1 heterocycles. The van der Waals surface area contributed by atoms with Gasteiger partial charge in [-0.25, -0.2) is 4.79 Å². The number of hydrogen-bond acceptors (Lipinski definition) is 6. The molecule has 10 heteroatoms. The fraction of sp³-hybridized carbons (Fsp3) is 0.526. The number of alkyl carbamates (subject to hydrolysis) is 1. The van der Waals surface area contributed by atoms with E-state index in [0.717, 1.165) is 48.2 Å². The van der Waals surface area contributed by atoms with Crippen molar-refractivity contribution in [3.63, 3.8) is 0 Å². The van der Waals surface area contributed by atoms with Crippen LogP contribution in [-0.4, -0.2) is 61.0 Å². The molecule has 1 aromatic heterocycles. The minimum Gasteiger partial charge on any atom is -0.496 e. The summed E-state index contributed by atoms with van der Waals surface area (Å²) in [6.07, 6.45) is 13.0. The molecule has 0 saturated heterocycles. The summed E-state index contributed by atoms with van der Waals surface area (Å²) >= 11 is 0. The molecule has 3 aromatic rings. The molecule has 256 valence electrons. The van der Waals surface area contributed by atoms with Gasteiger partial charge in [-0.1, -0.05) is 24.3 Å². The minimum absolute atomic E-state index is 0.0357. The number of rotatable bonds is 11. The highest BCUT2D eigenvalue weighted by Crippen LogP contribution is 2.39. The Morgan fingerprint density at radius 1 is 0.938 bits per heavy atom. The van der Waals surface area contributed by atoms with E-state index in [1.807, 2.05) is 6.20 Å². The van der Waals surface area contributed by atoms with E-state index in [9.17, 15) is 14.4 Å². The van der Waals surface area contributed by atoms with Crippen molar-refractivity contribution >= 4 is 23.6 Å². The zero-order chi connectivity index (χ0) is 33.6. The average molecular weight is 656 g/mol. The molecule has 3 fully saturated rings. The predicted molar refractivity (Wildman–Crippen MR) is 185 cm³/mol. The van der Waals surface area contributed by atoms with Gasteiger partial charge in [0.15, 0.2) is 6.61 Å². The smallest absolute Gasteiger partial charge is 0.407 e. The van der Waals surface area contributed by atoms with Crippen LogP contribution in [0.5, 0.6) is 5.75 Å². The molecule has 3 amide bonds. The lowest BCUT2D eigenvalue weighted by molar-refractivity contribution is -0.125. The molecule has 0 spiro atoms. The first kappa shape index (κ1) is 33.6. The topological polar surface area (TPSA) is 115 Å². The zero-order valence-electron chi connectivity index (χ0n) is 28.5. The molecule has 3 aliphatic carbocycles. The second kappa shape index (κ2) is 15.3. The van der Waals surface area contributed by atoms with Crippen molar-refractivity contribution in [1.82, 2.24) is 20.4 Å². The minimum atomic E-state index is -0.635. The summed E-state index contributed by atoms with van der Waals surface area (Å²) in [5, 5.41) is 9.91. The van der Waals surface area contributed by atoms with E-state index in [1.165, 1.54) is 31.0 Å². The van der Waals surface area contributed by atoms with Gasteiger partial charge in [0.05, 0.1) is 19.3 Å². The van der Waals surface area contributed by atoms with E-state index in [-0.39, 0.29) is 30.4 Å². The number of methoxy groups -OCH3 is 1. The Morgan fingerprint density at radius 3 is 2.40 bits per heavy atom. The van der Waals surface area contributed by atoms with Gasteiger partial charge in [0.2, 0.25) is 5.91 Å². The molecule has 2 aromatic carbocycles. The molecule has 0 bridgehead atoms. The van der Waals surface area contributed by atoms with Crippen molar-refractivity contribution in [2.75, 3.05) is 32.2 Å². The van der Waals surface area contributed by atoms with Crippen molar-refractivity contribution < 1.29 is 23.9 Å². The van der Waals surface area contributed by atoms with Crippen molar-refractivity contribution in [2.45, 2.75) is 89.1 Å². The van der Waals surface area contributed by atoms with Crippen LogP contribution >= 0.6 is 0 Å². The van der Waals surface area contributed by atoms with Crippen LogP contribution in [0.2, 0.25) is 0 Å². The summed E-state index contributed by atoms with van der Waals surface area (Å²) in [7, 11) is 3.17. The lowest BCUT2D eigenvalue weighted by Crippen LogP contribution is -2.45. The maximum absolute atomic E-state index is 14.4. The summed E-state index contributed by atoms with van der Waals surface area (Å²) in [6.45, 7) is 2.49. The highest BCUT2D eigenvalue weighted by Gasteiger charge is 2.33. The number of carbonyl (C=O) groups excluding carboxylic acids is 3. The Kier molecular flexibility index (Phi) is 10.7. The molecule has 10 nitrogen and oxygen atoms in total. The Morgan fingerprint density at radius 2 is 1.71 bits per heavy atom. The molecule has 3 aliphatic rings. The van der Waals surface area contributed by atoms with E-state index in [2.05, 4.69) is 80.9 Å². The number of nitrogens with zero attached hydrogens (tertiary/aromatic N) is 3. The summed E-state index contributed by atoms with van der Waals surface area (Å²) < 4.78 is 12.4. The zero-order valence-corrected chi connectivity index (χ0v) is 28.5. The Balaban J connectivity index is 1.13. The standard InChI is InChI=1S/C38H49N5O5/c1-25-19-30(13-18-35(25)47-3)27-9-7-26(8-10-27)22-42(34-6-4-5-29(20-34)31-21-40-43(23-31)33-16-17-33)37(45)28-11-14-32(15-12-28)41-36(44)24-48-38(46)39-2/h4-6,13,18-21,23,26-28,32-33H,7-12,14-17,22,24H2,1-3H3,(H,39,46)(H,41,44). The van der Waals surface area contributed by atoms with Crippen LogP contribution in [0.3, 0.4) is 0 Å². The lowest BCUT2D eigenvalue weighted by atomic mass is 9.78. The maximum Gasteiger partial charge on any atom is 0.407 e. The van der Waals surface area contributed by atoms with Gasteiger partial charge in [-0.3, -0.25) is 14.3 Å². The maximum atomic E-state index is 14.4. The van der Waals surface area contributed by atoms with Gasteiger partial charge in [-0.15, -0.1) is 0 Å². The highest BCUT2D eigenvalue weighted by atomic mass is 16.6. The van der Waals surface area contributed by atoms with Gasteiger partial charge in [0, 0.05) is 43.0 Å². The van der Waals surface area contributed by atoms with Crippen molar-refractivity contribution in [3.05, 3.63) is 66.0 Å². The van der Waals surface area contributed by atoms with Crippen LogP contribution in [0.4, 0.5) is 10.5 Å². The molecule has 0 unspecified atom stereocenters. The number of aromatic nitrogens is 2. The number of benzene rings is 2. The van der Waals surface area contributed by atoms with Gasteiger partial charge < -0.3 is 25.0 Å². The fourth-order valence-corrected chi connectivity index (χ4v) is 7.47. The quantitative estimate of drug-likeness (QED) is 0.243. The molecule has 48 heavy (non-hydrogen) atoms. The van der Waals surface area contributed by atoms with Gasteiger partial charge in [-0.05, 0) is 118 Å². The molecular weight excluding hydrogens is 606 g/mol. The van der Waals surface area contributed by atoms with Crippen LogP contribution in [0, 0.1) is 18.8 Å². The molecule has 6 rings (SSSR count). The largest absolute Gasteiger partial charge is 0.496 e. The van der Waals surface area contributed by atoms with E-state index in [0.29, 0.717) is 50.1 Å². The first-order valence-corrected chi connectivity index (χ1v) is 17.6. The lowest BCUT2D eigenvalue weighted by Gasteiger charge is -2.36. The Hall–Kier alpha value is -4.34. The predicted octanol–water partition coefficient (Wildman–Crippen LogP) is 6.54. The molecule has 0 atom stereocenters. The van der Waals surface area contributed by atoms with Crippen LogP contribution in [0.25, 0.3) is 11.1 Å². The van der Waals surface area contributed by atoms with Crippen molar-refractivity contribution in [2.24, 2.45) is 11.8 Å². The normalized spacial score (nSPS) is 22.4. The van der Waals surface area contributed by atoms with Crippen LogP contribution in [0.1, 0.15) is 87.3 Å². The SMILES string of the molecule is CNC(=O)OCC(=O)NC1CCC(C(=O)N(CC2CCC(c3ccc(OC)c(C)c3)CC2)c2cccc(-c3cnn(C4CC4)c3)c2)CC1. The number of hydrogen-bond donors (Lipinski definition) is 2. The van der Waals surface area contributed by atoms with Crippen LogP contribution < -0.4 is 20.3 Å². The van der Waals surface area contributed by atoms with E-state index < -0.39 is 6.09 Å². The number of ether oxygens (including phenoxy) is 2. The Bertz CT molecular complexity index is 1580. The number of anilines is 1. The molecule has 3 saturated carbocycles. The van der Waals surface area contributed by atoms with Crippen molar-refractivity contribution in [1.29, 1.82) is 0 Å². The number of aryl methyl sites for hydroxylation is 1. The summed E-state index contributed by atoms with van der Waals surface area (Å²) in [6, 6.07) is 15.4. The molecule has 0 radical (unpaired) electrons. The van der Waals surface area contributed by atoms with Gasteiger partial charge in [0.25, 0.3) is 5.91 Å². The third kappa shape index (κ3) is 8.20. The number of nitrogens with one attached hydrogen (secondary N) is 2. The fourth-order valence-electron chi connectivity index (χ4n) is 7.47. The third-order valence-electron chi connectivity index (χ3n) is 10.4. The third-order valence-corrected chi connectivity index (χ3v) is 10.4. The molecule has 2 N–H and O–H groups in total. The van der Waals surface area contributed by atoms with Crippen molar-refractivity contribution in [3.8, 4) is 16.9 Å². The Labute approximate surface area is 283 Å². The highest BCUT2D eigenvalue weighted by molar-refractivity contribution is 5.95. The van der Waals surface area contributed by atoms with Gasteiger partial charge in [-0.2, -0.15) is 5.10 Å². The average Bonchev–Trinajstić information content (AvgIpc) is 3.85. The second-order valence-corrected chi connectivity index (χ2v) is 13.8. The van der Waals surface area contributed by atoms with Gasteiger partial charge in [0.1, 0.15) is 5.75 Å². The van der Waals surface area contributed by atoms with Gasteiger partial charge >= 0.3 is 6.09 Å². The van der Waals surface area contributed by atoms with E-state index in [4.69, 9.17) is 9.47 Å². The number of carbonyl (C=O) groups is 3. The second-order valence-electron chi connectivity index (χ2n) is 13.8. The summed E-state index contributed by atoms with van der Waals surface area (Å²) in [4.78, 5) is 40.1. The van der Waals surface area contributed by atoms with Crippen LogP contribution in [-0.2, 0) is 14.3 Å². The van der Waals surface area contributed by atoms with E-state index in [1.54, 1.807) is 7.11 Å². The summed E-state index contributed by atoms with van der Waals surface area (Å²) in [5.74, 6) is 1.60. The number of amides is 3. The first-order valence-electron chi connectivity index (χ1n) is 17.6. The first-order chi connectivity index (χ1) is 23.3. The molecular formula is C38H49N5O5.